The van der Waals surface area contributed by atoms with Gasteiger partial charge in [-0.2, -0.15) is 0 Å². The molecule has 1 fully saturated rings. The van der Waals surface area contributed by atoms with Gasteiger partial charge >= 0.3 is 0 Å². The quantitative estimate of drug-likeness (QED) is 0.790. The first-order chi connectivity index (χ1) is 8.08. The van der Waals surface area contributed by atoms with E-state index in [1.54, 1.807) is 0 Å². The van der Waals surface area contributed by atoms with E-state index in [1.807, 2.05) is 6.20 Å². The van der Waals surface area contributed by atoms with Crippen molar-refractivity contribution < 1.29 is 0 Å². The molecule has 1 aliphatic rings. The van der Waals surface area contributed by atoms with E-state index in [0.717, 1.165) is 12.2 Å². The molecule has 0 saturated carbocycles. The summed E-state index contributed by atoms with van der Waals surface area (Å²) >= 11 is 0. The highest BCUT2D eigenvalue weighted by Gasteiger charge is 2.27. The molecule has 0 aliphatic carbocycles. The molecule has 0 aromatic carbocycles. The Balaban J connectivity index is 2.12. The minimum atomic E-state index is 0.633. The zero-order valence-electron chi connectivity index (χ0n) is 11.5. The van der Waals surface area contributed by atoms with Crippen LogP contribution in [-0.2, 0) is 6.42 Å². The van der Waals surface area contributed by atoms with Gasteiger partial charge in [0.1, 0.15) is 5.82 Å². The Morgan fingerprint density at radius 2 is 1.88 bits per heavy atom. The van der Waals surface area contributed by atoms with Crippen molar-refractivity contribution in [1.82, 2.24) is 4.98 Å². The average Bonchev–Trinajstić information content (AvgIpc) is 2.59. The van der Waals surface area contributed by atoms with Crippen molar-refractivity contribution in [2.45, 2.75) is 59.0 Å². The standard InChI is InChI=1S/C15H24N2/c1-11(2)9-14-7-8-15(16-10-14)17-12(3)5-6-13(17)4/h7-8,10-13H,5-6,9H2,1-4H3. The van der Waals surface area contributed by atoms with E-state index in [1.165, 1.54) is 18.4 Å². The minimum Gasteiger partial charge on any atom is -0.351 e. The highest BCUT2D eigenvalue weighted by molar-refractivity contribution is 5.43. The second-order valence-corrected chi connectivity index (χ2v) is 5.81. The Morgan fingerprint density at radius 1 is 1.24 bits per heavy atom. The summed E-state index contributed by atoms with van der Waals surface area (Å²) in [7, 11) is 0. The van der Waals surface area contributed by atoms with Gasteiger partial charge in [-0.3, -0.25) is 0 Å². The van der Waals surface area contributed by atoms with Crippen LogP contribution in [0.15, 0.2) is 18.3 Å². The summed E-state index contributed by atoms with van der Waals surface area (Å²) in [5, 5.41) is 0. The van der Waals surface area contributed by atoms with Gasteiger partial charge in [-0.15, -0.1) is 0 Å². The van der Waals surface area contributed by atoms with Gasteiger partial charge in [-0.1, -0.05) is 19.9 Å². The summed E-state index contributed by atoms with van der Waals surface area (Å²) in [5.41, 5.74) is 1.35. The molecule has 2 heterocycles. The van der Waals surface area contributed by atoms with Gasteiger partial charge in [0.25, 0.3) is 0 Å². The highest BCUT2D eigenvalue weighted by Crippen LogP contribution is 2.28. The average molecular weight is 232 g/mol. The molecule has 0 amide bonds. The summed E-state index contributed by atoms with van der Waals surface area (Å²) in [6.45, 7) is 9.09. The second kappa shape index (κ2) is 5.07. The molecule has 2 nitrogen and oxygen atoms in total. The number of anilines is 1. The molecular formula is C15H24N2. The zero-order valence-corrected chi connectivity index (χ0v) is 11.5. The Hall–Kier alpha value is -1.05. The molecule has 0 bridgehead atoms. The van der Waals surface area contributed by atoms with Crippen molar-refractivity contribution in [2.75, 3.05) is 4.90 Å². The fourth-order valence-electron chi connectivity index (χ4n) is 2.81. The molecule has 2 rings (SSSR count). The number of nitrogens with zero attached hydrogens (tertiary/aromatic N) is 2. The lowest BCUT2D eigenvalue weighted by Gasteiger charge is -2.27. The Morgan fingerprint density at radius 3 is 2.35 bits per heavy atom. The fourth-order valence-corrected chi connectivity index (χ4v) is 2.81. The Kier molecular flexibility index (Phi) is 3.70. The van der Waals surface area contributed by atoms with Crippen LogP contribution in [-0.4, -0.2) is 17.1 Å². The first-order valence-electron chi connectivity index (χ1n) is 6.81. The summed E-state index contributed by atoms with van der Waals surface area (Å²) in [6, 6.07) is 5.69. The Labute approximate surface area is 105 Å². The van der Waals surface area contributed by atoms with Crippen molar-refractivity contribution in [3.05, 3.63) is 23.9 Å². The molecular weight excluding hydrogens is 208 g/mol. The van der Waals surface area contributed by atoms with Crippen molar-refractivity contribution in [1.29, 1.82) is 0 Å². The van der Waals surface area contributed by atoms with Crippen LogP contribution in [0.25, 0.3) is 0 Å². The van der Waals surface area contributed by atoms with Crippen molar-refractivity contribution >= 4 is 5.82 Å². The predicted octanol–water partition coefficient (Wildman–Crippen LogP) is 3.66. The van der Waals surface area contributed by atoms with Crippen molar-refractivity contribution in [3.63, 3.8) is 0 Å². The van der Waals surface area contributed by atoms with Crippen molar-refractivity contribution in [3.8, 4) is 0 Å². The predicted molar refractivity (Wildman–Crippen MR) is 73.4 cm³/mol. The van der Waals surface area contributed by atoms with Crippen LogP contribution in [0.2, 0.25) is 0 Å². The molecule has 1 aliphatic heterocycles. The number of pyridine rings is 1. The van der Waals surface area contributed by atoms with E-state index in [-0.39, 0.29) is 0 Å². The lowest BCUT2D eigenvalue weighted by molar-refractivity contribution is 0.643. The van der Waals surface area contributed by atoms with E-state index in [0.29, 0.717) is 18.0 Å². The molecule has 1 aromatic rings. The SMILES string of the molecule is CC(C)Cc1ccc(N2C(C)CCC2C)nc1. The molecule has 94 valence electrons. The molecule has 1 saturated heterocycles. The van der Waals surface area contributed by atoms with E-state index in [2.05, 4.69) is 49.7 Å². The molecule has 0 N–H and O–H groups in total. The number of hydrogen-bond donors (Lipinski definition) is 0. The van der Waals surface area contributed by atoms with E-state index in [9.17, 15) is 0 Å². The summed E-state index contributed by atoms with van der Waals surface area (Å²) in [5.74, 6) is 1.85. The molecule has 2 heteroatoms. The molecule has 2 unspecified atom stereocenters. The first-order valence-corrected chi connectivity index (χ1v) is 6.81. The van der Waals surface area contributed by atoms with Crippen molar-refractivity contribution in [2.24, 2.45) is 5.92 Å². The van der Waals surface area contributed by atoms with Gasteiger partial charge in [-0.05, 0) is 50.7 Å². The van der Waals surface area contributed by atoms with E-state index < -0.39 is 0 Å². The molecule has 17 heavy (non-hydrogen) atoms. The third kappa shape index (κ3) is 2.80. The van der Waals surface area contributed by atoms with Gasteiger partial charge in [-0.25, -0.2) is 4.98 Å². The van der Waals surface area contributed by atoms with Crippen LogP contribution >= 0.6 is 0 Å². The Bertz CT molecular complexity index is 346. The maximum atomic E-state index is 4.64. The zero-order chi connectivity index (χ0) is 12.4. The number of aromatic nitrogens is 1. The largest absolute Gasteiger partial charge is 0.351 e. The fraction of sp³-hybridized carbons (Fsp3) is 0.667. The second-order valence-electron chi connectivity index (χ2n) is 5.81. The van der Waals surface area contributed by atoms with E-state index >= 15 is 0 Å². The van der Waals surface area contributed by atoms with Gasteiger partial charge in [0.15, 0.2) is 0 Å². The van der Waals surface area contributed by atoms with Crippen LogP contribution in [0.4, 0.5) is 5.82 Å². The maximum absolute atomic E-state index is 4.64. The minimum absolute atomic E-state index is 0.633. The van der Waals surface area contributed by atoms with Gasteiger partial charge in [0.05, 0.1) is 0 Å². The van der Waals surface area contributed by atoms with Gasteiger partial charge in [0.2, 0.25) is 0 Å². The lowest BCUT2D eigenvalue weighted by atomic mass is 10.1. The summed E-state index contributed by atoms with van der Waals surface area (Å²) < 4.78 is 0. The number of hydrogen-bond acceptors (Lipinski definition) is 2. The summed E-state index contributed by atoms with van der Waals surface area (Å²) in [6.07, 6.45) is 5.75. The van der Waals surface area contributed by atoms with Gasteiger partial charge in [0, 0.05) is 18.3 Å². The van der Waals surface area contributed by atoms with Gasteiger partial charge < -0.3 is 4.90 Å². The molecule has 0 spiro atoms. The van der Waals surface area contributed by atoms with Crippen LogP contribution in [0.5, 0.6) is 0 Å². The molecule has 1 aromatic heterocycles. The highest BCUT2D eigenvalue weighted by atomic mass is 15.2. The lowest BCUT2D eigenvalue weighted by Crippen LogP contribution is -2.33. The first kappa shape index (κ1) is 12.4. The number of rotatable bonds is 3. The smallest absolute Gasteiger partial charge is 0.128 e. The monoisotopic (exact) mass is 232 g/mol. The van der Waals surface area contributed by atoms with Crippen LogP contribution in [0.3, 0.4) is 0 Å². The molecule has 0 radical (unpaired) electrons. The third-order valence-corrected chi connectivity index (χ3v) is 3.67. The summed E-state index contributed by atoms with van der Waals surface area (Å²) in [4.78, 5) is 7.10. The third-order valence-electron chi connectivity index (χ3n) is 3.67. The topological polar surface area (TPSA) is 16.1 Å². The van der Waals surface area contributed by atoms with Crippen LogP contribution < -0.4 is 4.90 Å². The molecule has 2 atom stereocenters. The van der Waals surface area contributed by atoms with E-state index in [4.69, 9.17) is 0 Å². The van der Waals surface area contributed by atoms with Crippen LogP contribution in [0.1, 0.15) is 46.1 Å². The van der Waals surface area contributed by atoms with Crippen LogP contribution in [0, 0.1) is 5.92 Å². The maximum Gasteiger partial charge on any atom is 0.128 e. The normalized spacial score (nSPS) is 24.6.